The zero-order valence-corrected chi connectivity index (χ0v) is 23.3. The van der Waals surface area contributed by atoms with Gasteiger partial charge >= 0.3 is 0 Å². The van der Waals surface area contributed by atoms with E-state index < -0.39 is 15.9 Å². The van der Waals surface area contributed by atoms with E-state index in [0.717, 1.165) is 28.1 Å². The zero-order chi connectivity index (χ0) is 28.1. The minimum atomic E-state index is -3.20. The number of ether oxygens (including phenoxy) is 2. The Kier molecular flexibility index (Phi) is 8.02. The molecule has 206 valence electrons. The fourth-order valence-electron chi connectivity index (χ4n) is 4.88. The predicted octanol–water partition coefficient (Wildman–Crippen LogP) is 4.79. The lowest BCUT2D eigenvalue weighted by Crippen LogP contribution is -2.39. The first-order valence-electron chi connectivity index (χ1n) is 13.0. The lowest BCUT2D eigenvalue weighted by Gasteiger charge is -2.27. The van der Waals surface area contributed by atoms with E-state index in [1.165, 1.54) is 6.08 Å². The van der Waals surface area contributed by atoms with Gasteiger partial charge in [0.2, 0.25) is 5.91 Å². The number of benzene rings is 3. The van der Waals surface area contributed by atoms with Crippen LogP contribution in [0.4, 0.5) is 0 Å². The quantitative estimate of drug-likeness (QED) is 0.275. The number of hydrogen-bond donors (Lipinski definition) is 0. The molecular formula is C31H31N3O5S. The number of sulfone groups is 1. The molecule has 1 aromatic heterocycles. The van der Waals surface area contributed by atoms with Gasteiger partial charge in [-0.25, -0.2) is 13.1 Å². The topological polar surface area (TPSA) is 90.7 Å². The zero-order valence-electron chi connectivity index (χ0n) is 22.4. The lowest BCUT2D eigenvalue weighted by atomic mass is 10.1. The molecule has 0 aliphatic carbocycles. The van der Waals surface area contributed by atoms with E-state index in [1.54, 1.807) is 35.9 Å². The van der Waals surface area contributed by atoms with Crippen LogP contribution in [-0.4, -0.2) is 60.8 Å². The van der Waals surface area contributed by atoms with Crippen molar-refractivity contribution in [1.29, 1.82) is 0 Å². The van der Waals surface area contributed by atoms with Crippen LogP contribution in [0.5, 0.6) is 11.5 Å². The second-order valence-electron chi connectivity index (χ2n) is 9.62. The molecular weight excluding hydrogens is 526 g/mol. The Labute approximate surface area is 234 Å². The summed E-state index contributed by atoms with van der Waals surface area (Å²) in [4.78, 5) is 15.3. The van der Waals surface area contributed by atoms with Gasteiger partial charge in [-0.15, -0.1) is 0 Å². The molecule has 9 heteroatoms. The highest BCUT2D eigenvalue weighted by atomic mass is 32.2. The van der Waals surface area contributed by atoms with E-state index in [0.29, 0.717) is 17.9 Å². The fourth-order valence-corrected chi connectivity index (χ4v) is 6.61. The van der Waals surface area contributed by atoms with Gasteiger partial charge in [0, 0.05) is 36.0 Å². The number of nitrogens with zero attached hydrogens (tertiary/aromatic N) is 3. The SMILES string of the molecule is COc1ccc(CN(C(=O)C=Cc2cn(-c3ccccc3)nc2-c2ccccc2)C2CCS(=O)(=O)C2)cc1OC. The van der Waals surface area contributed by atoms with Crippen molar-refractivity contribution in [2.45, 2.75) is 19.0 Å². The Hall–Kier alpha value is -4.37. The van der Waals surface area contributed by atoms with Crippen LogP contribution in [0.1, 0.15) is 17.5 Å². The Morgan fingerprint density at radius 2 is 1.70 bits per heavy atom. The summed E-state index contributed by atoms with van der Waals surface area (Å²) in [5.74, 6) is 0.864. The fraction of sp³-hybridized carbons (Fsp3) is 0.226. The van der Waals surface area contributed by atoms with Crippen molar-refractivity contribution in [3.05, 3.63) is 102 Å². The van der Waals surface area contributed by atoms with Crippen molar-refractivity contribution < 1.29 is 22.7 Å². The first kappa shape index (κ1) is 27.2. The number of hydrogen-bond acceptors (Lipinski definition) is 6. The molecule has 3 aromatic carbocycles. The van der Waals surface area contributed by atoms with Crippen LogP contribution < -0.4 is 9.47 Å². The monoisotopic (exact) mass is 557 g/mol. The Bertz CT molecular complexity index is 1620. The molecule has 0 bridgehead atoms. The van der Waals surface area contributed by atoms with E-state index in [2.05, 4.69) is 0 Å². The van der Waals surface area contributed by atoms with E-state index >= 15 is 0 Å². The van der Waals surface area contributed by atoms with Crippen LogP contribution in [0.15, 0.2) is 91.1 Å². The minimum Gasteiger partial charge on any atom is -0.493 e. The number of methoxy groups -OCH3 is 2. The molecule has 1 unspecified atom stereocenters. The highest BCUT2D eigenvalue weighted by Gasteiger charge is 2.34. The lowest BCUT2D eigenvalue weighted by molar-refractivity contribution is -0.128. The molecule has 40 heavy (non-hydrogen) atoms. The third kappa shape index (κ3) is 6.10. The average Bonchev–Trinajstić information content (AvgIpc) is 3.58. The molecule has 0 radical (unpaired) electrons. The highest BCUT2D eigenvalue weighted by molar-refractivity contribution is 7.91. The Balaban J connectivity index is 1.48. The van der Waals surface area contributed by atoms with Crippen LogP contribution in [0.2, 0.25) is 0 Å². The molecule has 4 aromatic rings. The molecule has 1 aliphatic rings. The normalized spacial score (nSPS) is 16.2. The Morgan fingerprint density at radius 1 is 1.00 bits per heavy atom. The summed E-state index contributed by atoms with van der Waals surface area (Å²) in [6.07, 6.45) is 5.54. The van der Waals surface area contributed by atoms with Gasteiger partial charge in [0.25, 0.3) is 0 Å². The maximum atomic E-state index is 13.7. The average molecular weight is 558 g/mol. The standard InChI is InChI=1S/C31H31N3O5S/c1-38-28-15-13-23(19-29(28)39-2)20-33(27-17-18-40(36,37)22-27)30(35)16-14-25-21-34(26-11-7-4-8-12-26)32-31(25)24-9-5-3-6-10-24/h3-16,19,21,27H,17-18,20,22H2,1-2H3. The molecule has 5 rings (SSSR count). The summed E-state index contributed by atoms with van der Waals surface area (Å²) in [6, 6.07) is 24.6. The summed E-state index contributed by atoms with van der Waals surface area (Å²) < 4.78 is 37.2. The van der Waals surface area contributed by atoms with Gasteiger partial charge in [-0.1, -0.05) is 54.6 Å². The van der Waals surface area contributed by atoms with Gasteiger partial charge in [0.1, 0.15) is 0 Å². The van der Waals surface area contributed by atoms with Gasteiger partial charge < -0.3 is 14.4 Å². The van der Waals surface area contributed by atoms with Crippen LogP contribution in [-0.2, 0) is 21.2 Å². The van der Waals surface area contributed by atoms with Crippen molar-refractivity contribution in [1.82, 2.24) is 14.7 Å². The summed E-state index contributed by atoms with van der Waals surface area (Å²) in [5, 5.41) is 4.81. The molecule has 0 spiro atoms. The molecule has 1 saturated heterocycles. The van der Waals surface area contributed by atoms with Crippen molar-refractivity contribution in [2.24, 2.45) is 0 Å². The third-order valence-electron chi connectivity index (χ3n) is 6.95. The second kappa shape index (κ2) is 11.8. The largest absolute Gasteiger partial charge is 0.493 e. The highest BCUT2D eigenvalue weighted by Crippen LogP contribution is 2.30. The van der Waals surface area contributed by atoms with E-state index in [4.69, 9.17) is 14.6 Å². The van der Waals surface area contributed by atoms with Gasteiger partial charge in [-0.05, 0) is 42.3 Å². The number of carbonyl (C=O) groups is 1. The maximum Gasteiger partial charge on any atom is 0.247 e. The molecule has 1 atom stereocenters. The number of carbonyl (C=O) groups excluding carboxylic acids is 1. The number of aromatic nitrogens is 2. The van der Waals surface area contributed by atoms with Gasteiger partial charge in [0.05, 0.1) is 37.1 Å². The third-order valence-corrected chi connectivity index (χ3v) is 8.70. The van der Waals surface area contributed by atoms with Crippen molar-refractivity contribution >= 4 is 21.8 Å². The maximum absolute atomic E-state index is 13.7. The number of rotatable bonds is 9. The minimum absolute atomic E-state index is 0.0545. The van der Waals surface area contributed by atoms with Gasteiger partial charge in [-0.3, -0.25) is 4.79 Å². The van der Waals surface area contributed by atoms with Crippen LogP contribution in [0.3, 0.4) is 0 Å². The van der Waals surface area contributed by atoms with E-state index in [9.17, 15) is 13.2 Å². The van der Waals surface area contributed by atoms with Crippen LogP contribution in [0.25, 0.3) is 23.0 Å². The summed E-state index contributed by atoms with van der Waals surface area (Å²) in [5.41, 5.74) is 4.15. The molecule has 1 amide bonds. The summed E-state index contributed by atoms with van der Waals surface area (Å²) in [7, 11) is -0.0899. The van der Waals surface area contributed by atoms with Gasteiger partial charge in [0.15, 0.2) is 21.3 Å². The first-order chi connectivity index (χ1) is 19.4. The summed E-state index contributed by atoms with van der Waals surface area (Å²) in [6.45, 7) is 0.235. The molecule has 0 N–H and O–H groups in total. The number of para-hydroxylation sites is 1. The first-order valence-corrected chi connectivity index (χ1v) is 14.8. The molecule has 8 nitrogen and oxygen atoms in total. The van der Waals surface area contributed by atoms with Crippen molar-refractivity contribution in [2.75, 3.05) is 25.7 Å². The smallest absolute Gasteiger partial charge is 0.247 e. The van der Waals surface area contributed by atoms with E-state index in [1.807, 2.05) is 79.0 Å². The summed E-state index contributed by atoms with van der Waals surface area (Å²) >= 11 is 0. The van der Waals surface area contributed by atoms with Crippen LogP contribution >= 0.6 is 0 Å². The van der Waals surface area contributed by atoms with E-state index in [-0.39, 0.29) is 24.0 Å². The number of amides is 1. The predicted molar refractivity (Wildman–Crippen MR) is 155 cm³/mol. The van der Waals surface area contributed by atoms with Crippen molar-refractivity contribution in [3.8, 4) is 28.4 Å². The Morgan fingerprint density at radius 3 is 2.35 bits per heavy atom. The molecule has 2 heterocycles. The molecule has 1 aliphatic heterocycles. The van der Waals surface area contributed by atoms with Crippen molar-refractivity contribution in [3.63, 3.8) is 0 Å². The second-order valence-corrected chi connectivity index (χ2v) is 11.9. The molecule has 1 fully saturated rings. The van der Waals surface area contributed by atoms with Crippen LogP contribution in [0, 0.1) is 0 Å². The molecule has 0 saturated carbocycles. The van der Waals surface area contributed by atoms with Gasteiger partial charge in [-0.2, -0.15) is 5.10 Å².